The van der Waals surface area contributed by atoms with Crippen molar-refractivity contribution in [2.24, 2.45) is 21.1 Å². The van der Waals surface area contributed by atoms with Crippen LogP contribution in [0.4, 0.5) is 22.0 Å². The van der Waals surface area contributed by atoms with Gasteiger partial charge in [-0.3, -0.25) is 41.8 Å². The first-order valence-electron chi connectivity index (χ1n) is 35.2. The zero-order valence-corrected chi connectivity index (χ0v) is 61.1. The summed E-state index contributed by atoms with van der Waals surface area (Å²) in [6, 6.07) is 15.5. The van der Waals surface area contributed by atoms with Crippen molar-refractivity contribution >= 4 is 81.5 Å². The third-order valence-electron chi connectivity index (χ3n) is 19.6. The molecule has 28 heteroatoms. The fourth-order valence-electron chi connectivity index (χ4n) is 13.4. The van der Waals surface area contributed by atoms with E-state index in [1.165, 1.54) is 39.5 Å². The Bertz CT molecular complexity index is 4890. The van der Waals surface area contributed by atoms with E-state index >= 15 is 0 Å². The number of methoxy groups -OCH3 is 1. The van der Waals surface area contributed by atoms with E-state index in [2.05, 4.69) is 15.0 Å². The van der Waals surface area contributed by atoms with E-state index in [4.69, 9.17) is 30.5 Å². The number of aromatic nitrogens is 12. The number of nitrogens with zero attached hydrogens (tertiary/aromatic N) is 12. The van der Waals surface area contributed by atoms with E-state index in [0.717, 1.165) is 11.1 Å². The van der Waals surface area contributed by atoms with E-state index in [1.807, 2.05) is 56.3 Å². The molecule has 3 aliphatic rings. The van der Waals surface area contributed by atoms with Crippen molar-refractivity contribution in [2.75, 3.05) is 7.11 Å². The van der Waals surface area contributed by atoms with Gasteiger partial charge in [0, 0.05) is 73.3 Å². The van der Waals surface area contributed by atoms with Crippen LogP contribution in [-0.4, -0.2) is 98.7 Å². The second kappa shape index (κ2) is 31.6. The first kappa shape index (κ1) is 76.1. The molecule has 0 radical (unpaired) electrons. The number of aryl methyl sites for hydroxylation is 6. The molecule has 0 spiro atoms. The van der Waals surface area contributed by atoms with Gasteiger partial charge in [0.25, 0.3) is 16.7 Å². The molecule has 0 aliphatic heterocycles. The number of fused-ring (bicyclic) bond motifs is 3. The van der Waals surface area contributed by atoms with Gasteiger partial charge in [0.15, 0.2) is 56.6 Å². The van der Waals surface area contributed by atoms with E-state index < -0.39 is 40.4 Å². The molecule has 0 bridgehead atoms. The highest BCUT2D eigenvalue weighted by molar-refractivity contribution is 6.32. The maximum Gasteiger partial charge on any atom is 0.332 e. The smallest absolute Gasteiger partial charge is 0.332 e. The molecule has 12 rings (SSSR count). The third-order valence-corrected chi connectivity index (χ3v) is 19.9. The molecule has 6 aromatic heterocycles. The summed E-state index contributed by atoms with van der Waals surface area (Å²) in [4.78, 5) is 90.0. The molecule has 3 saturated carbocycles. The quantitative estimate of drug-likeness (QED) is 0.0688. The first-order valence-corrected chi connectivity index (χ1v) is 35.5. The average molecular weight is 1450 g/mol. The highest BCUT2D eigenvalue weighted by Gasteiger charge is 2.37. The minimum atomic E-state index is -2.67. The van der Waals surface area contributed by atoms with Crippen LogP contribution in [0.1, 0.15) is 167 Å². The molecule has 0 saturated heterocycles. The van der Waals surface area contributed by atoms with Crippen LogP contribution in [0.5, 0.6) is 23.0 Å². The Morgan fingerprint density at radius 3 is 1.09 bits per heavy atom. The van der Waals surface area contributed by atoms with Gasteiger partial charge in [-0.1, -0.05) is 48.0 Å². The van der Waals surface area contributed by atoms with Crippen LogP contribution in [0.2, 0.25) is 5.02 Å². The number of alkyl halides is 4. The van der Waals surface area contributed by atoms with Crippen LogP contribution in [-0.2, 0) is 60.4 Å². The summed E-state index contributed by atoms with van der Waals surface area (Å²) in [6.07, 6.45) is 14.6. The summed E-state index contributed by atoms with van der Waals surface area (Å²) in [5, 5.41) is 0.478. The van der Waals surface area contributed by atoms with Gasteiger partial charge in [-0.05, 0) is 191 Å². The van der Waals surface area contributed by atoms with Crippen molar-refractivity contribution in [1.29, 1.82) is 0 Å². The molecule has 3 fully saturated rings. The monoisotopic (exact) mass is 1450 g/mol. The fraction of sp³-hybridized carbons (Fsp3) is 0.480. The van der Waals surface area contributed by atoms with Gasteiger partial charge in [0.05, 0.1) is 30.4 Å². The molecular weight excluding hydrogens is 1360 g/mol. The van der Waals surface area contributed by atoms with E-state index in [0.29, 0.717) is 163 Å². The van der Waals surface area contributed by atoms with Crippen molar-refractivity contribution in [2.45, 2.75) is 207 Å². The zero-order valence-electron chi connectivity index (χ0n) is 60.3. The largest absolute Gasteiger partial charge is 0.493 e. The number of ether oxygens (including phenoxy) is 4. The zero-order chi connectivity index (χ0) is 74.6. The lowest BCUT2D eigenvalue weighted by molar-refractivity contribution is -0.0586. The van der Waals surface area contributed by atoms with Crippen molar-refractivity contribution in [3.8, 4) is 23.0 Å². The van der Waals surface area contributed by atoms with Crippen molar-refractivity contribution < 1.29 is 40.9 Å². The summed E-state index contributed by atoms with van der Waals surface area (Å²) in [7, 11) is 6.80. The molecular formula is C75H90ClF5N12O10. The van der Waals surface area contributed by atoms with Crippen molar-refractivity contribution in [3.05, 3.63) is 162 Å². The minimum Gasteiger partial charge on any atom is -0.493 e. The van der Waals surface area contributed by atoms with Gasteiger partial charge in [-0.25, -0.2) is 51.3 Å². The topological polar surface area (TPSA) is 222 Å². The number of rotatable bonds is 19. The average Bonchev–Trinajstić information content (AvgIpc) is 1.62. The molecule has 0 N–H and O–H groups in total. The molecule has 9 aromatic rings. The lowest BCUT2D eigenvalue weighted by atomic mass is 9.86. The van der Waals surface area contributed by atoms with Crippen molar-refractivity contribution in [3.63, 3.8) is 0 Å². The lowest BCUT2D eigenvalue weighted by Crippen LogP contribution is -2.39. The standard InChI is InChI=1S/C26H33FN4O4.C25H30ClFN4O3.C24H27F3N4O3/c1-6-30-23-22(24(32)31(7-2)25(30)33)29(4)21(28-23)11-9-17-8-10-19(20(16-17)34-5)35-18-12-14-26(3,27)15-13-18;1-5-30-22-21(23(32)31(6-2)24(30)33)29(4)20(28-22)10-8-16-7-9-19(18(26)15-16)34-17-11-13-25(3,27)14-12-17;1-4-30-21-20(22(32)31(5-2)23(30)33)29(3)19(28-21)9-7-15-6-8-18(17(25)14-15)34-16-10-12-24(26,27)13-11-16/h8-11,16,18H,6-7,12-15H2,1-5H3;7-10,15,17H,5-6,11-14H2,1-4H3;6-9,14,16H,4-5,10-13H2,1-3H3/b11-9+;10-8+;9-7+. The molecule has 0 unspecified atom stereocenters. The Balaban J connectivity index is 0.000000166. The maximum absolute atomic E-state index is 14.6. The first-order chi connectivity index (χ1) is 49.0. The molecule has 6 heterocycles. The predicted molar refractivity (Wildman–Crippen MR) is 392 cm³/mol. The fourth-order valence-corrected chi connectivity index (χ4v) is 13.6. The molecule has 103 heavy (non-hydrogen) atoms. The summed E-state index contributed by atoms with van der Waals surface area (Å²) in [5.41, 5.74) is -0.0279. The van der Waals surface area contributed by atoms with E-state index in [9.17, 15) is 50.7 Å². The lowest BCUT2D eigenvalue weighted by Gasteiger charge is -2.31. The van der Waals surface area contributed by atoms with Crippen LogP contribution in [0.3, 0.4) is 0 Å². The predicted octanol–water partition coefficient (Wildman–Crippen LogP) is 13.2. The summed E-state index contributed by atoms with van der Waals surface area (Å²) >= 11 is 6.46. The Morgan fingerprint density at radius 2 is 0.748 bits per heavy atom. The highest BCUT2D eigenvalue weighted by Crippen LogP contribution is 2.39. The Kier molecular flexibility index (Phi) is 23.4. The maximum atomic E-state index is 14.6. The molecule has 552 valence electrons. The summed E-state index contributed by atoms with van der Waals surface area (Å²) < 4.78 is 106. The van der Waals surface area contributed by atoms with Gasteiger partial charge in [-0.2, -0.15) is 0 Å². The number of benzene rings is 3. The Hall–Kier alpha value is -9.53. The van der Waals surface area contributed by atoms with Gasteiger partial charge < -0.3 is 32.6 Å². The number of imidazole rings is 3. The molecule has 0 amide bonds. The SMILES string of the molecule is CCn1c(=O)c2c(nc(/C=C/c3ccc(OC4CCC(C)(F)CC4)c(Cl)c3)n2C)n(CC)c1=O.CCn1c(=O)c2c(nc(/C=C/c3ccc(OC4CCC(C)(F)CC4)c(OC)c3)n2C)n(CC)c1=O.CCn1c(=O)c2c(nc(/C=C/c3ccc(OC4CCC(F)(F)CC4)c(F)c3)n2C)n(CC)c1=O. The van der Waals surface area contributed by atoms with Crippen LogP contribution < -0.4 is 52.7 Å². The number of halogens is 6. The van der Waals surface area contributed by atoms with E-state index in [1.54, 1.807) is 120 Å². The van der Waals surface area contributed by atoms with Crippen LogP contribution >= 0.6 is 11.6 Å². The van der Waals surface area contributed by atoms with Gasteiger partial charge >= 0.3 is 17.1 Å². The van der Waals surface area contributed by atoms with Crippen LogP contribution in [0, 0.1) is 5.82 Å². The minimum absolute atomic E-state index is 0.0298. The Morgan fingerprint density at radius 1 is 0.437 bits per heavy atom. The molecule has 3 aliphatic carbocycles. The number of hydrogen-bond donors (Lipinski definition) is 0. The third kappa shape index (κ3) is 16.5. The Labute approximate surface area is 596 Å². The van der Waals surface area contributed by atoms with Crippen molar-refractivity contribution in [1.82, 2.24) is 56.1 Å². The molecule has 0 atom stereocenters. The van der Waals surface area contributed by atoms with E-state index in [-0.39, 0.29) is 72.7 Å². The second-order valence-electron chi connectivity index (χ2n) is 26.8. The summed E-state index contributed by atoms with van der Waals surface area (Å²) in [6.45, 7) is 16.1. The highest BCUT2D eigenvalue weighted by atomic mass is 35.5. The van der Waals surface area contributed by atoms with Crippen LogP contribution in [0.25, 0.3) is 69.9 Å². The molecule has 3 aromatic carbocycles. The normalized spacial score (nSPS) is 19.4. The van der Waals surface area contributed by atoms with Crippen LogP contribution in [0.15, 0.2) is 83.4 Å². The number of hydrogen-bond acceptors (Lipinski definition) is 13. The van der Waals surface area contributed by atoms with Gasteiger partial charge in [0.2, 0.25) is 5.92 Å². The van der Waals surface area contributed by atoms with Gasteiger partial charge in [0.1, 0.15) is 34.6 Å². The van der Waals surface area contributed by atoms with Gasteiger partial charge in [-0.15, -0.1) is 0 Å². The molecule has 22 nitrogen and oxygen atoms in total. The summed E-state index contributed by atoms with van der Waals surface area (Å²) in [5.74, 6) is 0.130. The second-order valence-corrected chi connectivity index (χ2v) is 27.2.